The Morgan fingerprint density at radius 3 is 2.55 bits per heavy atom. The van der Waals surface area contributed by atoms with Gasteiger partial charge in [-0.1, -0.05) is 20.8 Å². The van der Waals surface area contributed by atoms with Gasteiger partial charge in [-0.15, -0.1) is 0 Å². The van der Waals surface area contributed by atoms with Crippen LogP contribution in [-0.4, -0.2) is 23.4 Å². The van der Waals surface area contributed by atoms with Crippen LogP contribution in [0.5, 0.6) is 0 Å². The minimum Gasteiger partial charge on any atom is -0.347 e. The molecule has 6 nitrogen and oxygen atoms in total. The van der Waals surface area contributed by atoms with E-state index in [1.807, 2.05) is 20.8 Å². The first-order valence-electron chi connectivity index (χ1n) is 6.11. The molecule has 3 N–H and O–H groups in total. The van der Waals surface area contributed by atoms with Gasteiger partial charge in [0.15, 0.2) is 0 Å². The molecule has 7 heteroatoms. The molecule has 110 valence electrons. The zero-order valence-electron chi connectivity index (χ0n) is 11.6. The lowest BCUT2D eigenvalue weighted by Gasteiger charge is -2.30. The number of nitro benzene ring substituents is 1. The van der Waals surface area contributed by atoms with Crippen molar-refractivity contribution >= 4 is 11.6 Å². The summed E-state index contributed by atoms with van der Waals surface area (Å²) < 4.78 is 13.2. The van der Waals surface area contributed by atoms with E-state index in [4.69, 9.17) is 5.73 Å². The molecule has 1 rings (SSSR count). The minimum atomic E-state index is -0.719. The van der Waals surface area contributed by atoms with E-state index in [1.165, 1.54) is 0 Å². The minimum absolute atomic E-state index is 0.179. The van der Waals surface area contributed by atoms with Crippen LogP contribution in [0.3, 0.4) is 0 Å². The first-order chi connectivity index (χ1) is 9.16. The van der Waals surface area contributed by atoms with Crippen molar-refractivity contribution in [2.24, 2.45) is 11.1 Å². The van der Waals surface area contributed by atoms with Gasteiger partial charge in [0, 0.05) is 18.7 Å². The molecule has 1 unspecified atom stereocenters. The molecule has 1 atom stereocenters. The molecule has 0 radical (unpaired) electrons. The highest BCUT2D eigenvalue weighted by molar-refractivity contribution is 5.98. The highest BCUT2D eigenvalue weighted by atomic mass is 19.1. The number of nitrogens with two attached hydrogens (primary N) is 1. The number of hydrogen-bond acceptors (Lipinski definition) is 4. The van der Waals surface area contributed by atoms with E-state index in [0.29, 0.717) is 0 Å². The molecule has 0 aliphatic heterocycles. The molecule has 0 aliphatic carbocycles. The zero-order valence-corrected chi connectivity index (χ0v) is 11.6. The van der Waals surface area contributed by atoms with Crippen molar-refractivity contribution in [1.82, 2.24) is 5.32 Å². The summed E-state index contributed by atoms with van der Waals surface area (Å²) in [5.74, 6) is -1.41. The highest BCUT2D eigenvalue weighted by Gasteiger charge is 2.28. The number of nitrogens with zero attached hydrogens (tertiary/aromatic N) is 1. The summed E-state index contributed by atoms with van der Waals surface area (Å²) in [6.45, 7) is 5.82. The average Bonchev–Trinajstić information content (AvgIpc) is 2.33. The summed E-state index contributed by atoms with van der Waals surface area (Å²) in [5, 5.41) is 13.5. The molecule has 1 aromatic rings. The molecule has 0 fully saturated rings. The number of rotatable bonds is 4. The molecule has 0 aliphatic rings. The fourth-order valence-corrected chi connectivity index (χ4v) is 1.71. The van der Waals surface area contributed by atoms with E-state index in [0.717, 1.165) is 18.2 Å². The van der Waals surface area contributed by atoms with Crippen LogP contribution in [0, 0.1) is 21.3 Å². The number of benzene rings is 1. The van der Waals surface area contributed by atoms with Crippen molar-refractivity contribution in [2.45, 2.75) is 26.8 Å². The van der Waals surface area contributed by atoms with Crippen molar-refractivity contribution in [3.63, 3.8) is 0 Å². The van der Waals surface area contributed by atoms with Crippen molar-refractivity contribution in [3.05, 3.63) is 39.7 Å². The fourth-order valence-electron chi connectivity index (χ4n) is 1.71. The van der Waals surface area contributed by atoms with Crippen LogP contribution in [-0.2, 0) is 0 Å². The van der Waals surface area contributed by atoms with Gasteiger partial charge in [0.05, 0.1) is 4.92 Å². The van der Waals surface area contributed by atoms with E-state index in [-0.39, 0.29) is 23.6 Å². The number of halogens is 1. The molecule has 0 heterocycles. The average molecular weight is 283 g/mol. The molecule has 1 aromatic carbocycles. The number of carbonyl (C=O) groups excluding carboxylic acids is 1. The first-order valence-corrected chi connectivity index (χ1v) is 6.11. The molecule has 0 spiro atoms. The quantitative estimate of drug-likeness (QED) is 0.650. The summed E-state index contributed by atoms with van der Waals surface area (Å²) in [5.41, 5.74) is 4.53. The highest BCUT2D eigenvalue weighted by Crippen LogP contribution is 2.22. The van der Waals surface area contributed by atoms with Gasteiger partial charge in [0.2, 0.25) is 0 Å². The van der Waals surface area contributed by atoms with Crippen molar-refractivity contribution < 1.29 is 14.1 Å². The predicted octanol–water partition coefficient (Wildman–Crippen LogP) is 1.84. The van der Waals surface area contributed by atoms with Crippen LogP contribution in [0.4, 0.5) is 10.1 Å². The van der Waals surface area contributed by atoms with Crippen LogP contribution >= 0.6 is 0 Å². The Bertz CT molecular complexity index is 526. The summed E-state index contributed by atoms with van der Waals surface area (Å²) in [7, 11) is 0. The standard InChI is InChI=1S/C13H18FN3O3/c1-13(2,3)11(7-15)16-12(18)9-6-8(14)4-5-10(9)17(19)20/h4-6,11H,7,15H2,1-3H3,(H,16,18). The van der Waals surface area contributed by atoms with Gasteiger partial charge < -0.3 is 11.1 Å². The predicted molar refractivity (Wildman–Crippen MR) is 72.8 cm³/mol. The first kappa shape index (κ1) is 16.0. The van der Waals surface area contributed by atoms with Crippen molar-refractivity contribution in [1.29, 1.82) is 0 Å². The third-order valence-corrected chi connectivity index (χ3v) is 2.99. The van der Waals surface area contributed by atoms with Gasteiger partial charge in [-0.05, 0) is 17.5 Å². The molecule has 0 saturated heterocycles. The van der Waals surface area contributed by atoms with Gasteiger partial charge in [0.1, 0.15) is 11.4 Å². The van der Waals surface area contributed by atoms with Gasteiger partial charge in [-0.3, -0.25) is 14.9 Å². The maximum absolute atomic E-state index is 13.2. The number of nitro groups is 1. The molecule has 0 bridgehead atoms. The second kappa shape index (κ2) is 5.96. The number of hydrogen-bond donors (Lipinski definition) is 2. The third-order valence-electron chi connectivity index (χ3n) is 2.99. The molecule has 0 aromatic heterocycles. The summed E-state index contributed by atoms with van der Waals surface area (Å²) in [4.78, 5) is 22.2. The Balaban J connectivity index is 3.09. The maximum atomic E-state index is 13.2. The molecular formula is C13H18FN3O3. The normalized spacial score (nSPS) is 12.8. The SMILES string of the molecule is CC(C)(C)C(CN)NC(=O)c1cc(F)ccc1[N+](=O)[O-]. The number of amides is 1. The van der Waals surface area contributed by atoms with E-state index >= 15 is 0 Å². The Hall–Kier alpha value is -2.02. The molecule has 20 heavy (non-hydrogen) atoms. The van der Waals surface area contributed by atoms with Crippen molar-refractivity contribution in [3.8, 4) is 0 Å². The van der Waals surface area contributed by atoms with E-state index in [9.17, 15) is 19.3 Å². The van der Waals surface area contributed by atoms with Gasteiger partial charge >= 0.3 is 0 Å². The summed E-state index contributed by atoms with van der Waals surface area (Å²) in [6, 6.07) is 2.39. The summed E-state index contributed by atoms with van der Waals surface area (Å²) >= 11 is 0. The largest absolute Gasteiger partial charge is 0.347 e. The Morgan fingerprint density at radius 1 is 1.50 bits per heavy atom. The Morgan fingerprint density at radius 2 is 2.10 bits per heavy atom. The van der Waals surface area contributed by atoms with Crippen LogP contribution in [0.2, 0.25) is 0 Å². The smallest absolute Gasteiger partial charge is 0.282 e. The van der Waals surface area contributed by atoms with E-state index in [1.54, 1.807) is 0 Å². The summed E-state index contributed by atoms with van der Waals surface area (Å²) in [6.07, 6.45) is 0. The monoisotopic (exact) mass is 283 g/mol. The van der Waals surface area contributed by atoms with E-state index in [2.05, 4.69) is 5.32 Å². The van der Waals surface area contributed by atoms with Crippen LogP contribution < -0.4 is 11.1 Å². The van der Waals surface area contributed by atoms with Crippen LogP contribution in [0.1, 0.15) is 31.1 Å². The fraction of sp³-hybridized carbons (Fsp3) is 0.462. The third kappa shape index (κ3) is 3.74. The topological polar surface area (TPSA) is 98.3 Å². The van der Waals surface area contributed by atoms with E-state index < -0.39 is 22.3 Å². The van der Waals surface area contributed by atoms with Gasteiger partial charge in [-0.2, -0.15) is 0 Å². The van der Waals surface area contributed by atoms with Gasteiger partial charge in [-0.25, -0.2) is 4.39 Å². The van der Waals surface area contributed by atoms with Gasteiger partial charge in [0.25, 0.3) is 11.6 Å². The molecular weight excluding hydrogens is 265 g/mol. The lowest BCUT2D eigenvalue weighted by molar-refractivity contribution is -0.385. The van der Waals surface area contributed by atoms with Crippen LogP contribution in [0.25, 0.3) is 0 Å². The zero-order chi connectivity index (χ0) is 15.5. The molecule has 1 amide bonds. The Kier molecular flexibility index (Phi) is 4.78. The maximum Gasteiger partial charge on any atom is 0.282 e. The number of carbonyl (C=O) groups is 1. The molecule has 0 saturated carbocycles. The lowest BCUT2D eigenvalue weighted by atomic mass is 9.86. The second-order valence-electron chi connectivity index (χ2n) is 5.55. The van der Waals surface area contributed by atoms with Crippen molar-refractivity contribution in [2.75, 3.05) is 6.54 Å². The van der Waals surface area contributed by atoms with Crippen LogP contribution in [0.15, 0.2) is 18.2 Å². The lowest BCUT2D eigenvalue weighted by Crippen LogP contribution is -2.48. The second-order valence-corrected chi connectivity index (χ2v) is 5.55. The Labute approximate surface area is 116 Å². The number of nitrogens with one attached hydrogen (secondary N) is 1.